The maximum Gasteiger partial charge on any atom is 0.161 e. The second kappa shape index (κ2) is 5.63. The van der Waals surface area contributed by atoms with Crippen LogP contribution in [0.4, 0.5) is 18.9 Å². The van der Waals surface area contributed by atoms with Crippen LogP contribution in [0, 0.1) is 23.4 Å². The van der Waals surface area contributed by atoms with Gasteiger partial charge in [0.15, 0.2) is 11.6 Å². The maximum absolute atomic E-state index is 13.5. The lowest BCUT2D eigenvalue weighted by Gasteiger charge is -2.18. The van der Waals surface area contributed by atoms with Crippen LogP contribution in [0.5, 0.6) is 0 Å². The van der Waals surface area contributed by atoms with E-state index in [2.05, 4.69) is 12.2 Å². The average Bonchev–Trinajstić information content (AvgIpc) is 2.51. The Morgan fingerprint density at radius 2 is 1.67 bits per heavy atom. The first-order valence-electron chi connectivity index (χ1n) is 6.47. The highest BCUT2D eigenvalue weighted by atomic mass is 19.2. The molecular formula is C14H18F3N. The van der Waals surface area contributed by atoms with Crippen molar-refractivity contribution in [3.63, 3.8) is 0 Å². The summed E-state index contributed by atoms with van der Waals surface area (Å²) in [6.45, 7) is 2.21. The van der Waals surface area contributed by atoms with Gasteiger partial charge in [0.1, 0.15) is 5.82 Å². The Kier molecular flexibility index (Phi) is 4.15. The van der Waals surface area contributed by atoms with E-state index >= 15 is 0 Å². The molecule has 4 heteroatoms. The van der Waals surface area contributed by atoms with E-state index in [9.17, 15) is 13.2 Å². The predicted molar refractivity (Wildman–Crippen MR) is 66.0 cm³/mol. The fourth-order valence-electron chi connectivity index (χ4n) is 2.48. The monoisotopic (exact) mass is 257 g/mol. The topological polar surface area (TPSA) is 12.0 Å². The minimum atomic E-state index is -1.15. The Morgan fingerprint density at radius 1 is 0.944 bits per heavy atom. The third kappa shape index (κ3) is 3.18. The molecule has 0 spiro atoms. The van der Waals surface area contributed by atoms with Gasteiger partial charge >= 0.3 is 0 Å². The highest BCUT2D eigenvalue weighted by Gasteiger charge is 2.18. The smallest absolute Gasteiger partial charge is 0.161 e. The lowest BCUT2D eigenvalue weighted by Crippen LogP contribution is -2.19. The first-order chi connectivity index (χ1) is 8.56. The van der Waals surface area contributed by atoms with Gasteiger partial charge in [0.2, 0.25) is 0 Å². The maximum atomic E-state index is 13.5. The van der Waals surface area contributed by atoms with Crippen LogP contribution >= 0.6 is 0 Å². The van der Waals surface area contributed by atoms with Gasteiger partial charge in [-0.15, -0.1) is 0 Å². The molecular weight excluding hydrogens is 239 g/mol. The highest BCUT2D eigenvalue weighted by Crippen LogP contribution is 2.26. The number of hydrogen-bond donors (Lipinski definition) is 1. The quantitative estimate of drug-likeness (QED) is 0.608. The van der Waals surface area contributed by atoms with Crippen molar-refractivity contribution in [1.82, 2.24) is 0 Å². The van der Waals surface area contributed by atoms with Gasteiger partial charge in [-0.05, 0) is 25.2 Å². The summed E-state index contributed by atoms with van der Waals surface area (Å²) in [7, 11) is 0. The average molecular weight is 257 g/mol. The van der Waals surface area contributed by atoms with E-state index in [0.717, 1.165) is 31.7 Å². The van der Waals surface area contributed by atoms with Crippen molar-refractivity contribution in [2.24, 2.45) is 5.92 Å². The van der Waals surface area contributed by atoms with E-state index in [0.29, 0.717) is 12.0 Å². The molecule has 0 bridgehead atoms. The van der Waals surface area contributed by atoms with Crippen LogP contribution in [0.15, 0.2) is 12.1 Å². The van der Waals surface area contributed by atoms with Crippen LogP contribution in [0.1, 0.15) is 39.0 Å². The van der Waals surface area contributed by atoms with Crippen LogP contribution in [-0.4, -0.2) is 6.04 Å². The van der Waals surface area contributed by atoms with Crippen molar-refractivity contribution in [2.45, 2.75) is 45.1 Å². The first-order valence-corrected chi connectivity index (χ1v) is 6.47. The summed E-state index contributed by atoms with van der Waals surface area (Å²) in [5.41, 5.74) is 0.0634. The first kappa shape index (κ1) is 13.2. The Labute approximate surface area is 105 Å². The third-order valence-electron chi connectivity index (χ3n) is 3.63. The molecule has 1 saturated carbocycles. The van der Waals surface area contributed by atoms with Gasteiger partial charge in [-0.3, -0.25) is 0 Å². The summed E-state index contributed by atoms with van der Waals surface area (Å²) in [5.74, 6) is -2.20. The number of halogens is 3. The molecule has 1 aromatic carbocycles. The van der Waals surface area contributed by atoms with Crippen LogP contribution in [-0.2, 0) is 0 Å². The molecule has 0 heterocycles. The van der Waals surface area contributed by atoms with Gasteiger partial charge in [0, 0.05) is 18.2 Å². The van der Waals surface area contributed by atoms with Crippen molar-refractivity contribution < 1.29 is 13.2 Å². The van der Waals surface area contributed by atoms with Crippen LogP contribution in [0.25, 0.3) is 0 Å². The molecule has 2 rings (SSSR count). The van der Waals surface area contributed by atoms with E-state index < -0.39 is 17.5 Å². The van der Waals surface area contributed by atoms with Crippen molar-refractivity contribution >= 4 is 5.69 Å². The number of anilines is 1. The summed E-state index contributed by atoms with van der Waals surface area (Å²) in [5, 5.41) is 3.00. The SMILES string of the molecule is CC1CCCC(Nc2cc(F)c(F)cc2F)CC1. The number of benzene rings is 1. The summed E-state index contributed by atoms with van der Waals surface area (Å²) in [4.78, 5) is 0. The molecule has 2 unspecified atom stereocenters. The molecule has 1 aromatic rings. The molecule has 100 valence electrons. The lowest BCUT2D eigenvalue weighted by molar-refractivity contribution is 0.493. The molecule has 1 nitrogen and oxygen atoms in total. The van der Waals surface area contributed by atoms with Gasteiger partial charge < -0.3 is 5.32 Å². The van der Waals surface area contributed by atoms with E-state index in [1.807, 2.05) is 0 Å². The Morgan fingerprint density at radius 3 is 2.44 bits per heavy atom. The summed E-state index contributed by atoms with van der Waals surface area (Å²) in [6.07, 6.45) is 5.24. The van der Waals surface area contributed by atoms with Crippen molar-refractivity contribution in [1.29, 1.82) is 0 Å². The normalized spacial score (nSPS) is 24.7. The molecule has 0 amide bonds. The Bertz CT molecular complexity index is 420. The Balaban J connectivity index is 2.06. The molecule has 1 aliphatic carbocycles. The zero-order valence-corrected chi connectivity index (χ0v) is 10.5. The van der Waals surface area contributed by atoms with E-state index in [1.165, 1.54) is 6.42 Å². The van der Waals surface area contributed by atoms with Gasteiger partial charge in [0.05, 0.1) is 5.69 Å². The molecule has 0 saturated heterocycles. The fraction of sp³-hybridized carbons (Fsp3) is 0.571. The van der Waals surface area contributed by atoms with E-state index in [4.69, 9.17) is 0 Å². The largest absolute Gasteiger partial charge is 0.380 e. The summed E-state index contributed by atoms with van der Waals surface area (Å²) >= 11 is 0. The molecule has 0 radical (unpaired) electrons. The summed E-state index contributed by atoms with van der Waals surface area (Å²) in [6, 6.07) is 1.64. The number of rotatable bonds is 2. The molecule has 0 aromatic heterocycles. The van der Waals surface area contributed by atoms with Crippen molar-refractivity contribution in [2.75, 3.05) is 5.32 Å². The number of nitrogens with one attached hydrogen (secondary N) is 1. The second-order valence-electron chi connectivity index (χ2n) is 5.20. The zero-order valence-electron chi connectivity index (χ0n) is 10.5. The molecule has 0 aliphatic heterocycles. The van der Waals surface area contributed by atoms with Gasteiger partial charge in [0.25, 0.3) is 0 Å². The second-order valence-corrected chi connectivity index (χ2v) is 5.20. The number of hydrogen-bond acceptors (Lipinski definition) is 1. The third-order valence-corrected chi connectivity index (χ3v) is 3.63. The molecule has 1 N–H and O–H groups in total. The standard InChI is InChI=1S/C14H18F3N/c1-9-3-2-4-10(6-5-9)18-14-8-12(16)11(15)7-13(14)17/h7-10,18H,2-6H2,1H3. The van der Waals surface area contributed by atoms with Crippen LogP contribution < -0.4 is 5.32 Å². The minimum absolute atomic E-state index is 0.0634. The lowest BCUT2D eigenvalue weighted by atomic mass is 10.0. The van der Waals surface area contributed by atoms with Crippen molar-refractivity contribution in [3.05, 3.63) is 29.6 Å². The molecule has 18 heavy (non-hydrogen) atoms. The molecule has 2 atom stereocenters. The molecule has 1 fully saturated rings. The highest BCUT2D eigenvalue weighted by molar-refractivity contribution is 5.46. The predicted octanol–water partition coefficient (Wildman–Crippen LogP) is 4.48. The zero-order chi connectivity index (χ0) is 13.1. The Hall–Kier alpha value is -1.19. The molecule has 1 aliphatic rings. The van der Waals surface area contributed by atoms with Crippen LogP contribution in [0.3, 0.4) is 0 Å². The fourth-order valence-corrected chi connectivity index (χ4v) is 2.48. The van der Waals surface area contributed by atoms with Crippen LogP contribution in [0.2, 0.25) is 0 Å². The van der Waals surface area contributed by atoms with Gasteiger partial charge in [-0.2, -0.15) is 0 Å². The van der Waals surface area contributed by atoms with Gasteiger partial charge in [-0.1, -0.05) is 19.8 Å². The van der Waals surface area contributed by atoms with Gasteiger partial charge in [-0.25, -0.2) is 13.2 Å². The van der Waals surface area contributed by atoms with E-state index in [1.54, 1.807) is 0 Å². The summed E-state index contributed by atoms with van der Waals surface area (Å²) < 4.78 is 39.4. The minimum Gasteiger partial charge on any atom is -0.380 e. The van der Waals surface area contributed by atoms with Crippen molar-refractivity contribution in [3.8, 4) is 0 Å². The van der Waals surface area contributed by atoms with E-state index in [-0.39, 0.29) is 11.7 Å².